The molecule has 3 heterocycles. The molecule has 1 aromatic carbocycles. The number of piperidine rings is 1. The number of carbonyl (C=O) groups excluding carboxylic acids is 2. The zero-order valence-electron chi connectivity index (χ0n) is 17.5. The second-order valence-electron chi connectivity index (χ2n) is 7.83. The number of rotatable bonds is 4. The van der Waals surface area contributed by atoms with Gasteiger partial charge in [-0.15, -0.1) is 0 Å². The monoisotopic (exact) mass is 483 g/mol. The molecule has 2 aromatic heterocycles. The van der Waals surface area contributed by atoms with Crippen LogP contribution in [0.1, 0.15) is 34.5 Å². The Morgan fingerprint density at radius 3 is 2.44 bits per heavy atom. The van der Waals surface area contributed by atoms with E-state index in [9.17, 15) is 31.5 Å². The molecule has 1 fully saturated rings. The molecule has 3 aromatic rings. The molecule has 0 radical (unpaired) electrons. The molecule has 2 amide bonds. The Bertz CT molecular complexity index is 1230. The standard InChI is InChI=1S/C22H18F5N3O4/c23-21(24)3-5-30(6-4-21)19(31)12-1-2-17(29-10-12)15-7-13(22(25,26)27)8-18-16(15)9-14(34-18)11-33-20(28)32/h1-2,7-10H,3-6,11H2,(H2,28,32). The van der Waals surface area contributed by atoms with Crippen LogP contribution in [0.25, 0.3) is 22.2 Å². The number of fused-ring (bicyclic) bond motifs is 1. The Morgan fingerprint density at radius 2 is 1.85 bits per heavy atom. The summed E-state index contributed by atoms with van der Waals surface area (Å²) in [6.45, 7) is -0.583. The highest BCUT2D eigenvalue weighted by atomic mass is 19.4. The molecule has 12 heteroatoms. The van der Waals surface area contributed by atoms with E-state index < -0.39 is 42.5 Å². The minimum Gasteiger partial charge on any atom is -0.457 e. The molecule has 4 rings (SSSR count). The number of pyridine rings is 1. The molecule has 1 aliphatic heterocycles. The number of nitrogens with zero attached hydrogens (tertiary/aromatic N) is 2. The maximum absolute atomic E-state index is 13.5. The molecule has 0 bridgehead atoms. The summed E-state index contributed by atoms with van der Waals surface area (Å²) < 4.78 is 77.1. The van der Waals surface area contributed by atoms with Crippen LogP contribution in [0.5, 0.6) is 0 Å². The average molecular weight is 483 g/mol. The van der Waals surface area contributed by atoms with Crippen LogP contribution >= 0.6 is 0 Å². The first kappa shape index (κ1) is 23.5. The van der Waals surface area contributed by atoms with Crippen molar-refractivity contribution in [3.63, 3.8) is 0 Å². The number of nitrogens with two attached hydrogens (primary N) is 1. The van der Waals surface area contributed by atoms with Crippen LogP contribution in [0.2, 0.25) is 0 Å². The number of furan rings is 1. The third-order valence-electron chi connectivity index (χ3n) is 5.44. The molecule has 0 spiro atoms. The number of primary amides is 1. The highest BCUT2D eigenvalue weighted by Gasteiger charge is 2.36. The SMILES string of the molecule is NC(=O)OCc1cc2c(-c3ccc(C(=O)N4CCC(F)(F)CC4)cn3)cc(C(F)(F)F)cc2o1. The van der Waals surface area contributed by atoms with Crippen molar-refractivity contribution in [2.45, 2.75) is 31.5 Å². The van der Waals surface area contributed by atoms with Crippen LogP contribution in [0.15, 0.2) is 40.9 Å². The normalized spacial score (nSPS) is 16.0. The molecule has 0 unspecified atom stereocenters. The fraction of sp³-hybridized carbons (Fsp3) is 0.318. The minimum absolute atomic E-state index is 0.0723. The molecular weight excluding hydrogens is 465 g/mol. The number of hydrogen-bond donors (Lipinski definition) is 1. The Balaban J connectivity index is 1.66. The maximum Gasteiger partial charge on any atom is 0.416 e. The van der Waals surface area contributed by atoms with Crippen LogP contribution in [0.4, 0.5) is 26.7 Å². The number of carbonyl (C=O) groups is 2. The quantitative estimate of drug-likeness (QED) is 0.528. The zero-order chi connectivity index (χ0) is 24.7. The van der Waals surface area contributed by atoms with Gasteiger partial charge in [0.2, 0.25) is 0 Å². The van der Waals surface area contributed by atoms with Crippen molar-refractivity contribution in [2.24, 2.45) is 5.73 Å². The van der Waals surface area contributed by atoms with E-state index in [1.165, 1.54) is 29.3 Å². The van der Waals surface area contributed by atoms with E-state index in [0.717, 1.165) is 12.1 Å². The number of halogens is 5. The fourth-order valence-electron chi connectivity index (χ4n) is 3.68. The van der Waals surface area contributed by atoms with Crippen LogP contribution in [-0.2, 0) is 17.5 Å². The summed E-state index contributed by atoms with van der Waals surface area (Å²) in [5.41, 5.74) is 4.15. The molecule has 34 heavy (non-hydrogen) atoms. The van der Waals surface area contributed by atoms with Gasteiger partial charge in [0.05, 0.1) is 16.8 Å². The number of alkyl halides is 5. The van der Waals surface area contributed by atoms with Crippen LogP contribution < -0.4 is 5.73 Å². The van der Waals surface area contributed by atoms with Crippen molar-refractivity contribution in [1.82, 2.24) is 9.88 Å². The van der Waals surface area contributed by atoms with Gasteiger partial charge >= 0.3 is 12.3 Å². The summed E-state index contributed by atoms with van der Waals surface area (Å²) in [7, 11) is 0. The minimum atomic E-state index is -4.67. The van der Waals surface area contributed by atoms with Crippen LogP contribution in [-0.4, -0.2) is 40.9 Å². The van der Waals surface area contributed by atoms with E-state index in [4.69, 9.17) is 10.2 Å². The largest absolute Gasteiger partial charge is 0.457 e. The van der Waals surface area contributed by atoms with Crippen molar-refractivity contribution in [3.8, 4) is 11.3 Å². The number of likely N-dealkylation sites (tertiary alicyclic amines) is 1. The molecule has 1 saturated heterocycles. The summed E-state index contributed by atoms with van der Waals surface area (Å²) >= 11 is 0. The molecule has 0 aliphatic carbocycles. The highest BCUT2D eigenvalue weighted by Crippen LogP contribution is 2.38. The van der Waals surface area contributed by atoms with Gasteiger partial charge in [-0.3, -0.25) is 9.78 Å². The zero-order valence-corrected chi connectivity index (χ0v) is 17.5. The average Bonchev–Trinajstić information content (AvgIpc) is 3.19. The number of hydrogen-bond acceptors (Lipinski definition) is 5. The molecule has 2 N–H and O–H groups in total. The molecule has 0 atom stereocenters. The van der Waals surface area contributed by atoms with E-state index in [1.54, 1.807) is 0 Å². The summed E-state index contributed by atoms with van der Waals surface area (Å²) in [6.07, 6.45) is -5.43. The summed E-state index contributed by atoms with van der Waals surface area (Å²) in [5.74, 6) is -3.22. The van der Waals surface area contributed by atoms with Gasteiger partial charge in [-0.1, -0.05) is 0 Å². The topological polar surface area (TPSA) is 98.7 Å². The smallest absolute Gasteiger partial charge is 0.416 e. The van der Waals surface area contributed by atoms with Crippen LogP contribution in [0, 0.1) is 0 Å². The fourth-order valence-corrected chi connectivity index (χ4v) is 3.68. The van der Waals surface area contributed by atoms with E-state index in [0.29, 0.717) is 0 Å². The Hall–Kier alpha value is -3.70. The Kier molecular flexibility index (Phi) is 5.92. The predicted octanol–water partition coefficient (Wildman–Crippen LogP) is 4.98. The second kappa shape index (κ2) is 8.58. The van der Waals surface area contributed by atoms with E-state index in [2.05, 4.69) is 9.72 Å². The second-order valence-corrected chi connectivity index (χ2v) is 7.83. The number of benzene rings is 1. The van der Waals surface area contributed by atoms with Crippen LogP contribution in [0.3, 0.4) is 0 Å². The summed E-state index contributed by atoms with van der Waals surface area (Å²) in [6, 6.07) is 5.86. The van der Waals surface area contributed by atoms with E-state index in [-0.39, 0.29) is 53.2 Å². The van der Waals surface area contributed by atoms with Gasteiger partial charge in [0, 0.05) is 43.1 Å². The number of ether oxygens (including phenoxy) is 1. The lowest BCUT2D eigenvalue weighted by atomic mass is 10.0. The predicted molar refractivity (Wildman–Crippen MR) is 109 cm³/mol. The summed E-state index contributed by atoms with van der Waals surface area (Å²) in [5, 5.41) is 0.279. The van der Waals surface area contributed by atoms with E-state index >= 15 is 0 Å². The van der Waals surface area contributed by atoms with Gasteiger partial charge in [-0.25, -0.2) is 13.6 Å². The lowest BCUT2D eigenvalue weighted by molar-refractivity contribution is -0.137. The first-order valence-electron chi connectivity index (χ1n) is 10.1. The van der Waals surface area contributed by atoms with Gasteiger partial charge in [0.25, 0.3) is 11.8 Å². The van der Waals surface area contributed by atoms with Gasteiger partial charge in [-0.2, -0.15) is 13.2 Å². The third kappa shape index (κ3) is 4.95. The number of aromatic nitrogens is 1. The third-order valence-corrected chi connectivity index (χ3v) is 5.44. The van der Waals surface area contributed by atoms with Crippen molar-refractivity contribution < 1.29 is 40.7 Å². The van der Waals surface area contributed by atoms with Gasteiger partial charge in [0.1, 0.15) is 11.3 Å². The number of amides is 2. The maximum atomic E-state index is 13.5. The lowest BCUT2D eigenvalue weighted by Gasteiger charge is -2.31. The lowest BCUT2D eigenvalue weighted by Crippen LogP contribution is -2.42. The van der Waals surface area contributed by atoms with Gasteiger partial charge in [-0.05, 0) is 30.3 Å². The van der Waals surface area contributed by atoms with Crippen molar-refractivity contribution >= 4 is 23.0 Å². The Morgan fingerprint density at radius 1 is 1.15 bits per heavy atom. The van der Waals surface area contributed by atoms with Crippen molar-refractivity contribution in [2.75, 3.05) is 13.1 Å². The van der Waals surface area contributed by atoms with Crippen molar-refractivity contribution in [3.05, 3.63) is 53.4 Å². The Labute approximate surface area is 189 Å². The molecule has 7 nitrogen and oxygen atoms in total. The molecule has 0 saturated carbocycles. The highest BCUT2D eigenvalue weighted by molar-refractivity contribution is 5.96. The first-order chi connectivity index (χ1) is 15.9. The van der Waals surface area contributed by atoms with Gasteiger partial charge < -0.3 is 19.8 Å². The first-order valence-corrected chi connectivity index (χ1v) is 10.1. The molecular formula is C22H18F5N3O4. The molecule has 1 aliphatic rings. The summed E-state index contributed by atoms with van der Waals surface area (Å²) in [4.78, 5) is 28.9. The van der Waals surface area contributed by atoms with Gasteiger partial charge in [0.15, 0.2) is 6.61 Å². The van der Waals surface area contributed by atoms with E-state index in [1.807, 2.05) is 0 Å². The molecule has 180 valence electrons. The van der Waals surface area contributed by atoms with Crippen molar-refractivity contribution in [1.29, 1.82) is 0 Å².